The van der Waals surface area contributed by atoms with Crippen LogP contribution in [-0.2, 0) is 4.74 Å². The third-order valence-corrected chi connectivity index (χ3v) is 3.73. The van der Waals surface area contributed by atoms with Gasteiger partial charge >= 0.3 is 0 Å². The molecule has 0 bridgehead atoms. The van der Waals surface area contributed by atoms with Crippen LogP contribution in [-0.4, -0.2) is 33.4 Å². The molecule has 19 heavy (non-hydrogen) atoms. The molecule has 0 amide bonds. The van der Waals surface area contributed by atoms with Crippen molar-refractivity contribution in [3.63, 3.8) is 0 Å². The number of rotatable bonds is 2. The molecule has 5 nitrogen and oxygen atoms in total. The predicted octanol–water partition coefficient (Wildman–Crippen LogP) is 2.39. The number of thioether (sulfide) groups is 1. The van der Waals surface area contributed by atoms with Gasteiger partial charge in [0.2, 0.25) is 5.82 Å². The van der Waals surface area contributed by atoms with E-state index in [0.717, 1.165) is 17.6 Å². The zero-order valence-corrected chi connectivity index (χ0v) is 10.7. The summed E-state index contributed by atoms with van der Waals surface area (Å²) in [4.78, 5) is 4.20. The number of benzene rings is 1. The van der Waals surface area contributed by atoms with Crippen LogP contribution in [0.4, 0.5) is 4.39 Å². The van der Waals surface area contributed by atoms with E-state index in [4.69, 9.17) is 9.26 Å². The first-order valence-corrected chi connectivity index (χ1v) is 6.91. The summed E-state index contributed by atoms with van der Waals surface area (Å²) < 4.78 is 23.5. The van der Waals surface area contributed by atoms with Crippen molar-refractivity contribution in [2.45, 2.75) is 6.10 Å². The Bertz CT molecular complexity index is 584. The van der Waals surface area contributed by atoms with Crippen molar-refractivity contribution >= 4 is 11.8 Å². The Balaban J connectivity index is 1.87. The van der Waals surface area contributed by atoms with Gasteiger partial charge in [-0.25, -0.2) is 4.39 Å². The third-order valence-electron chi connectivity index (χ3n) is 2.74. The van der Waals surface area contributed by atoms with Gasteiger partial charge in [0, 0.05) is 17.6 Å². The van der Waals surface area contributed by atoms with Crippen LogP contribution in [0.2, 0.25) is 0 Å². The highest BCUT2D eigenvalue weighted by Gasteiger charge is 2.23. The summed E-state index contributed by atoms with van der Waals surface area (Å²) in [6.45, 7) is 0.654. The molecule has 2 aromatic rings. The first-order chi connectivity index (χ1) is 9.24. The molecule has 3 rings (SSSR count). The fraction of sp³-hybridized carbons (Fsp3) is 0.333. The molecule has 1 aliphatic rings. The van der Waals surface area contributed by atoms with Gasteiger partial charge in [0.15, 0.2) is 0 Å². The van der Waals surface area contributed by atoms with Crippen molar-refractivity contribution in [1.82, 2.24) is 10.1 Å². The third kappa shape index (κ3) is 2.57. The van der Waals surface area contributed by atoms with Crippen LogP contribution in [0.3, 0.4) is 0 Å². The van der Waals surface area contributed by atoms with E-state index in [1.165, 1.54) is 12.1 Å². The highest BCUT2D eigenvalue weighted by molar-refractivity contribution is 7.99. The molecule has 1 aromatic heterocycles. The van der Waals surface area contributed by atoms with Gasteiger partial charge in [-0.3, -0.25) is 0 Å². The van der Waals surface area contributed by atoms with E-state index in [9.17, 15) is 9.50 Å². The summed E-state index contributed by atoms with van der Waals surface area (Å²) in [5.74, 6) is 1.59. The fourth-order valence-electron chi connectivity index (χ4n) is 1.80. The van der Waals surface area contributed by atoms with Crippen LogP contribution in [0.1, 0.15) is 11.9 Å². The normalized spacial score (nSPS) is 19.5. The summed E-state index contributed by atoms with van der Waals surface area (Å²) >= 11 is 1.76. The van der Waals surface area contributed by atoms with Crippen molar-refractivity contribution in [1.29, 1.82) is 0 Å². The lowest BCUT2D eigenvalue weighted by atomic mass is 10.2. The molecule has 0 saturated carbocycles. The van der Waals surface area contributed by atoms with E-state index in [0.29, 0.717) is 18.0 Å². The Labute approximate surface area is 112 Å². The Kier molecular flexibility index (Phi) is 3.39. The minimum Gasteiger partial charge on any atom is -0.507 e. The molecule has 0 aliphatic carbocycles. The molecule has 100 valence electrons. The second-order valence-corrected chi connectivity index (χ2v) is 5.20. The zero-order chi connectivity index (χ0) is 13.2. The van der Waals surface area contributed by atoms with Crippen LogP contribution in [0, 0.1) is 5.82 Å². The van der Waals surface area contributed by atoms with E-state index in [2.05, 4.69) is 10.1 Å². The number of aromatic nitrogens is 2. The number of nitrogens with zero attached hydrogens (tertiary/aromatic N) is 2. The van der Waals surface area contributed by atoms with E-state index in [1.54, 1.807) is 11.8 Å². The highest BCUT2D eigenvalue weighted by Crippen LogP contribution is 2.31. The van der Waals surface area contributed by atoms with Crippen molar-refractivity contribution in [3.05, 3.63) is 29.8 Å². The van der Waals surface area contributed by atoms with E-state index in [-0.39, 0.29) is 17.7 Å². The van der Waals surface area contributed by atoms with Gasteiger partial charge in [-0.2, -0.15) is 16.7 Å². The molecule has 0 radical (unpaired) electrons. The Morgan fingerprint density at radius 1 is 1.42 bits per heavy atom. The molecule has 2 heterocycles. The van der Waals surface area contributed by atoms with E-state index >= 15 is 0 Å². The number of aromatic hydroxyl groups is 1. The first kappa shape index (κ1) is 12.4. The lowest BCUT2D eigenvalue weighted by molar-refractivity contribution is 0.0677. The van der Waals surface area contributed by atoms with Crippen LogP contribution in [0.25, 0.3) is 11.5 Å². The zero-order valence-electron chi connectivity index (χ0n) is 9.88. The molecular formula is C12H11FN2O3S. The Morgan fingerprint density at radius 3 is 3.05 bits per heavy atom. The smallest absolute Gasteiger partial charge is 0.261 e. The maximum absolute atomic E-state index is 12.9. The summed E-state index contributed by atoms with van der Waals surface area (Å²) in [6, 6.07) is 3.64. The highest BCUT2D eigenvalue weighted by atomic mass is 32.2. The molecule has 1 unspecified atom stereocenters. The van der Waals surface area contributed by atoms with Crippen molar-refractivity contribution in [2.24, 2.45) is 0 Å². The average Bonchev–Trinajstić information content (AvgIpc) is 2.89. The molecule has 1 saturated heterocycles. The standard InChI is InChI=1S/C12H11FN2O3S/c13-7-1-2-8(9(16)5-7)12-14-11(15-18-12)10-6-19-4-3-17-10/h1-2,5,10,16H,3-4,6H2. The molecule has 1 atom stereocenters. The van der Waals surface area contributed by atoms with Gasteiger partial charge in [0.25, 0.3) is 5.89 Å². The van der Waals surface area contributed by atoms with Gasteiger partial charge in [0.1, 0.15) is 17.7 Å². The number of phenols is 1. The quantitative estimate of drug-likeness (QED) is 0.912. The molecular weight excluding hydrogens is 271 g/mol. The van der Waals surface area contributed by atoms with Crippen molar-refractivity contribution in [3.8, 4) is 17.2 Å². The van der Waals surface area contributed by atoms with Gasteiger partial charge < -0.3 is 14.4 Å². The minimum atomic E-state index is -0.520. The largest absolute Gasteiger partial charge is 0.507 e. The second-order valence-electron chi connectivity index (χ2n) is 4.05. The SMILES string of the molecule is Oc1cc(F)ccc1-c1nc(C2CSCCO2)no1. The molecule has 1 aliphatic heterocycles. The lowest BCUT2D eigenvalue weighted by Crippen LogP contribution is -2.16. The van der Waals surface area contributed by atoms with Gasteiger partial charge in [-0.05, 0) is 12.1 Å². The molecule has 1 N–H and O–H groups in total. The number of phenolic OH excluding ortho intramolecular Hbond substituents is 1. The van der Waals surface area contributed by atoms with Crippen LogP contribution in [0.15, 0.2) is 22.7 Å². The van der Waals surface area contributed by atoms with Gasteiger partial charge in [-0.15, -0.1) is 0 Å². The first-order valence-electron chi connectivity index (χ1n) is 5.76. The second kappa shape index (κ2) is 5.18. The maximum atomic E-state index is 12.9. The topological polar surface area (TPSA) is 68.4 Å². The lowest BCUT2D eigenvalue weighted by Gasteiger charge is -2.18. The minimum absolute atomic E-state index is 0.159. The average molecular weight is 282 g/mol. The number of hydrogen-bond acceptors (Lipinski definition) is 6. The van der Waals surface area contributed by atoms with Gasteiger partial charge in [-0.1, -0.05) is 5.16 Å². The summed E-state index contributed by atoms with van der Waals surface area (Å²) in [5, 5.41) is 13.5. The maximum Gasteiger partial charge on any atom is 0.261 e. The molecule has 0 spiro atoms. The summed E-state index contributed by atoms with van der Waals surface area (Å²) in [6.07, 6.45) is -0.196. The summed E-state index contributed by atoms with van der Waals surface area (Å²) in [5.41, 5.74) is 0.309. The van der Waals surface area contributed by atoms with Crippen molar-refractivity contribution < 1.29 is 18.8 Å². The van der Waals surface area contributed by atoms with Crippen LogP contribution in [0.5, 0.6) is 5.75 Å². The number of halogens is 1. The fourth-order valence-corrected chi connectivity index (χ4v) is 2.64. The Hall–Kier alpha value is -1.60. The summed E-state index contributed by atoms with van der Waals surface area (Å²) in [7, 11) is 0. The monoisotopic (exact) mass is 282 g/mol. The van der Waals surface area contributed by atoms with Crippen LogP contribution >= 0.6 is 11.8 Å². The van der Waals surface area contributed by atoms with Crippen molar-refractivity contribution in [2.75, 3.05) is 18.1 Å². The Morgan fingerprint density at radius 2 is 2.32 bits per heavy atom. The molecule has 1 fully saturated rings. The van der Waals surface area contributed by atoms with E-state index in [1.807, 2.05) is 0 Å². The molecule has 1 aromatic carbocycles. The van der Waals surface area contributed by atoms with Crippen LogP contribution < -0.4 is 0 Å². The van der Waals surface area contributed by atoms with Gasteiger partial charge in [0.05, 0.1) is 12.2 Å². The predicted molar refractivity (Wildman–Crippen MR) is 67.4 cm³/mol. The number of hydrogen-bond donors (Lipinski definition) is 1. The van der Waals surface area contributed by atoms with E-state index < -0.39 is 5.82 Å². The molecule has 7 heteroatoms. The number of ether oxygens (including phenoxy) is 1.